The highest BCUT2D eigenvalue weighted by Gasteiger charge is 2.29. The molecule has 0 saturated carbocycles. The fourth-order valence-corrected chi connectivity index (χ4v) is 1.36. The fourth-order valence-electron chi connectivity index (χ4n) is 1.36. The highest BCUT2D eigenvalue weighted by atomic mass is 16.4. The molecule has 0 aromatic carbocycles. The van der Waals surface area contributed by atoms with Gasteiger partial charge in [0.15, 0.2) is 0 Å². The number of carboxylic acid groups (broad SMARTS) is 2. The Bertz CT molecular complexity index is 383. The van der Waals surface area contributed by atoms with E-state index in [-0.39, 0.29) is 12.8 Å². The molecule has 0 rings (SSSR count). The summed E-state index contributed by atoms with van der Waals surface area (Å²) in [5.74, 6) is -5.65. The van der Waals surface area contributed by atoms with Gasteiger partial charge in [-0.2, -0.15) is 0 Å². The minimum absolute atomic E-state index is 0.166. The molecule has 0 heterocycles. The Morgan fingerprint density at radius 1 is 0.947 bits per heavy atom. The number of carbonyl (C=O) groups excluding carboxylic acids is 2. The Morgan fingerprint density at radius 2 is 1.42 bits per heavy atom. The number of carboxylic acids is 2. The van der Waals surface area contributed by atoms with Crippen molar-refractivity contribution < 1.29 is 29.4 Å². The van der Waals surface area contributed by atoms with Crippen molar-refractivity contribution >= 4 is 23.6 Å². The molecular weight excluding hydrogens is 258 g/mol. The normalized spacial score (nSPS) is 15.3. The maximum absolute atomic E-state index is 11.7. The molecular formula is C10H17N3O6. The van der Waals surface area contributed by atoms with Crippen LogP contribution in [0, 0.1) is 5.92 Å². The molecule has 0 bridgehead atoms. The van der Waals surface area contributed by atoms with Gasteiger partial charge in [0.2, 0.25) is 5.91 Å². The van der Waals surface area contributed by atoms with Gasteiger partial charge in [-0.05, 0) is 12.8 Å². The largest absolute Gasteiger partial charge is 0.480 e. The van der Waals surface area contributed by atoms with E-state index in [9.17, 15) is 19.2 Å². The third-order valence-corrected chi connectivity index (χ3v) is 2.56. The van der Waals surface area contributed by atoms with E-state index in [4.69, 9.17) is 27.4 Å². The second-order valence-corrected chi connectivity index (χ2v) is 4.09. The standard InChI is InChI=1S/C10H17N3O6/c11-5(9(16)17)1-2-7(14)4(8(13)15)3-6(12)10(18)19/h4-6H,1-3,11-12H2,(H2,13,15)(H,16,17)(H,18,19)/t4?,5-,6-/m0/s1. The number of aliphatic carboxylic acids is 2. The van der Waals surface area contributed by atoms with Gasteiger partial charge >= 0.3 is 11.9 Å². The summed E-state index contributed by atoms with van der Waals surface area (Å²) < 4.78 is 0. The predicted octanol–water partition coefficient (Wildman–Crippen LogP) is -2.35. The molecule has 108 valence electrons. The van der Waals surface area contributed by atoms with Gasteiger partial charge in [0.25, 0.3) is 0 Å². The molecule has 0 fully saturated rings. The van der Waals surface area contributed by atoms with E-state index in [1.807, 2.05) is 0 Å². The fraction of sp³-hybridized carbons (Fsp3) is 0.600. The molecule has 0 aliphatic carbocycles. The van der Waals surface area contributed by atoms with Crippen LogP contribution in [-0.2, 0) is 19.2 Å². The summed E-state index contributed by atoms with van der Waals surface area (Å²) in [6, 6.07) is -2.62. The lowest BCUT2D eigenvalue weighted by Crippen LogP contribution is -2.40. The number of hydrogen-bond acceptors (Lipinski definition) is 6. The highest BCUT2D eigenvalue weighted by molar-refractivity contribution is 6.01. The summed E-state index contributed by atoms with van der Waals surface area (Å²) >= 11 is 0. The highest BCUT2D eigenvalue weighted by Crippen LogP contribution is 2.11. The number of hydrogen-bond donors (Lipinski definition) is 5. The summed E-state index contributed by atoms with van der Waals surface area (Å²) in [5.41, 5.74) is 15.4. The zero-order chi connectivity index (χ0) is 15.2. The molecule has 0 aromatic heterocycles. The third-order valence-electron chi connectivity index (χ3n) is 2.56. The Labute approximate surface area is 108 Å². The van der Waals surface area contributed by atoms with E-state index in [0.29, 0.717) is 0 Å². The molecule has 1 amide bonds. The van der Waals surface area contributed by atoms with Gasteiger partial charge in [-0.3, -0.25) is 19.2 Å². The topological polar surface area (TPSA) is 187 Å². The van der Waals surface area contributed by atoms with Crippen molar-refractivity contribution in [3.63, 3.8) is 0 Å². The van der Waals surface area contributed by atoms with Crippen LogP contribution in [0.2, 0.25) is 0 Å². The Hall–Kier alpha value is -2.00. The van der Waals surface area contributed by atoms with Crippen LogP contribution in [0.15, 0.2) is 0 Å². The number of rotatable bonds is 9. The summed E-state index contributed by atoms with van der Waals surface area (Å²) in [5, 5.41) is 17.1. The Balaban J connectivity index is 4.55. The molecule has 0 aromatic rings. The van der Waals surface area contributed by atoms with Gasteiger partial charge in [-0.1, -0.05) is 0 Å². The van der Waals surface area contributed by atoms with Gasteiger partial charge in [0, 0.05) is 6.42 Å². The molecule has 1 unspecified atom stereocenters. The molecule has 0 radical (unpaired) electrons. The average Bonchev–Trinajstić information content (AvgIpc) is 2.31. The van der Waals surface area contributed by atoms with Crippen LogP contribution in [0.5, 0.6) is 0 Å². The minimum atomic E-state index is -1.39. The number of primary amides is 1. The van der Waals surface area contributed by atoms with E-state index in [2.05, 4.69) is 0 Å². The van der Waals surface area contributed by atoms with Crippen LogP contribution in [-0.4, -0.2) is 45.9 Å². The monoisotopic (exact) mass is 275 g/mol. The molecule has 19 heavy (non-hydrogen) atoms. The summed E-state index contributed by atoms with van der Waals surface area (Å²) in [6.45, 7) is 0. The summed E-state index contributed by atoms with van der Waals surface area (Å²) in [4.78, 5) is 43.8. The van der Waals surface area contributed by atoms with Gasteiger partial charge in [-0.15, -0.1) is 0 Å². The second-order valence-electron chi connectivity index (χ2n) is 4.09. The lowest BCUT2D eigenvalue weighted by Gasteiger charge is -2.15. The lowest BCUT2D eigenvalue weighted by atomic mass is 9.91. The van der Waals surface area contributed by atoms with Crippen LogP contribution in [0.3, 0.4) is 0 Å². The number of nitrogens with two attached hydrogens (primary N) is 3. The molecule has 0 aliphatic heterocycles. The number of carbonyl (C=O) groups is 4. The first-order valence-corrected chi connectivity index (χ1v) is 5.45. The van der Waals surface area contributed by atoms with E-state index in [1.165, 1.54) is 0 Å². The molecule has 0 spiro atoms. The quantitative estimate of drug-likeness (QED) is 0.289. The van der Waals surface area contributed by atoms with E-state index < -0.39 is 48.1 Å². The van der Waals surface area contributed by atoms with Crippen LogP contribution in [0.4, 0.5) is 0 Å². The van der Waals surface area contributed by atoms with E-state index in [1.54, 1.807) is 0 Å². The van der Waals surface area contributed by atoms with Gasteiger partial charge in [0.05, 0.1) is 5.92 Å². The van der Waals surface area contributed by atoms with E-state index >= 15 is 0 Å². The Kier molecular flexibility index (Phi) is 6.66. The van der Waals surface area contributed by atoms with Crippen LogP contribution in [0.1, 0.15) is 19.3 Å². The van der Waals surface area contributed by atoms with Gasteiger partial charge < -0.3 is 27.4 Å². The smallest absolute Gasteiger partial charge is 0.320 e. The Morgan fingerprint density at radius 3 is 1.79 bits per heavy atom. The first kappa shape index (κ1) is 17.0. The minimum Gasteiger partial charge on any atom is -0.480 e. The van der Waals surface area contributed by atoms with Crippen molar-refractivity contribution in [2.45, 2.75) is 31.3 Å². The van der Waals surface area contributed by atoms with Gasteiger partial charge in [0.1, 0.15) is 17.9 Å². The van der Waals surface area contributed by atoms with Crippen LogP contribution < -0.4 is 17.2 Å². The number of Topliss-reactive ketones (excluding diaryl/α,β-unsaturated/α-hetero) is 1. The summed E-state index contributed by atoms with van der Waals surface area (Å²) in [6.07, 6.45) is -0.876. The SMILES string of the molecule is NC(=O)C(C[C@H](N)C(=O)O)C(=O)CC[C@H](N)C(=O)O. The lowest BCUT2D eigenvalue weighted by molar-refractivity contribution is -0.140. The van der Waals surface area contributed by atoms with Crippen LogP contribution >= 0.6 is 0 Å². The molecule has 9 nitrogen and oxygen atoms in total. The zero-order valence-electron chi connectivity index (χ0n) is 10.1. The van der Waals surface area contributed by atoms with Crippen molar-refractivity contribution in [1.82, 2.24) is 0 Å². The zero-order valence-corrected chi connectivity index (χ0v) is 10.1. The van der Waals surface area contributed by atoms with E-state index in [0.717, 1.165) is 0 Å². The third kappa shape index (κ3) is 5.93. The maximum Gasteiger partial charge on any atom is 0.320 e. The molecule has 9 heteroatoms. The van der Waals surface area contributed by atoms with Crippen LogP contribution in [0.25, 0.3) is 0 Å². The van der Waals surface area contributed by atoms with Crippen molar-refractivity contribution in [1.29, 1.82) is 0 Å². The van der Waals surface area contributed by atoms with Crippen molar-refractivity contribution in [3.8, 4) is 0 Å². The molecule has 8 N–H and O–H groups in total. The predicted molar refractivity (Wildman–Crippen MR) is 62.8 cm³/mol. The molecule has 3 atom stereocenters. The van der Waals surface area contributed by atoms with Gasteiger partial charge in [-0.25, -0.2) is 0 Å². The first-order chi connectivity index (χ1) is 8.66. The number of amides is 1. The summed E-state index contributed by atoms with van der Waals surface area (Å²) in [7, 11) is 0. The second kappa shape index (κ2) is 7.44. The average molecular weight is 275 g/mol. The first-order valence-electron chi connectivity index (χ1n) is 5.45. The van der Waals surface area contributed by atoms with Crippen molar-refractivity contribution in [2.24, 2.45) is 23.1 Å². The van der Waals surface area contributed by atoms with Crippen molar-refractivity contribution in [3.05, 3.63) is 0 Å². The van der Waals surface area contributed by atoms with Crippen molar-refractivity contribution in [2.75, 3.05) is 0 Å². The molecule has 0 saturated heterocycles. The maximum atomic E-state index is 11.7. The number of ketones is 1. The molecule has 0 aliphatic rings.